The van der Waals surface area contributed by atoms with Gasteiger partial charge in [-0.25, -0.2) is 8.78 Å². The molecule has 1 atom stereocenters. The zero-order valence-electron chi connectivity index (χ0n) is 14.0. The second kappa shape index (κ2) is 7.26. The minimum atomic E-state index is -0.999. The van der Waals surface area contributed by atoms with E-state index >= 15 is 0 Å². The average molecular weight is 351 g/mol. The van der Waals surface area contributed by atoms with Crippen LogP contribution in [0.15, 0.2) is 22.6 Å². The molecule has 1 saturated heterocycles. The molecule has 3 rings (SSSR count). The molecular formula is C17H19F2N3O3. The fourth-order valence-electron chi connectivity index (χ4n) is 2.67. The summed E-state index contributed by atoms with van der Waals surface area (Å²) in [5.74, 6) is -1.48. The number of nitrogens with zero attached hydrogens (tertiary/aromatic N) is 3. The topological polar surface area (TPSA) is 68.5 Å². The highest BCUT2D eigenvalue weighted by atomic mass is 19.2. The second-order valence-electron chi connectivity index (χ2n) is 6.20. The predicted molar refractivity (Wildman–Crippen MR) is 83.7 cm³/mol. The zero-order valence-corrected chi connectivity index (χ0v) is 14.0. The Morgan fingerprint density at radius 2 is 2.16 bits per heavy atom. The maximum atomic E-state index is 13.8. The van der Waals surface area contributed by atoms with Gasteiger partial charge in [0, 0.05) is 18.0 Å². The molecule has 8 heteroatoms. The van der Waals surface area contributed by atoms with Crippen LogP contribution in [-0.4, -0.2) is 40.8 Å². The van der Waals surface area contributed by atoms with Crippen molar-refractivity contribution in [3.63, 3.8) is 0 Å². The van der Waals surface area contributed by atoms with Gasteiger partial charge in [0.05, 0.1) is 19.6 Å². The van der Waals surface area contributed by atoms with Crippen LogP contribution in [0.2, 0.25) is 0 Å². The van der Waals surface area contributed by atoms with E-state index in [-0.39, 0.29) is 36.3 Å². The monoisotopic (exact) mass is 351 g/mol. The van der Waals surface area contributed by atoms with Gasteiger partial charge >= 0.3 is 0 Å². The third-order valence-electron chi connectivity index (χ3n) is 4.06. The third-order valence-corrected chi connectivity index (χ3v) is 4.06. The normalized spacial score (nSPS) is 18.0. The van der Waals surface area contributed by atoms with Crippen molar-refractivity contribution in [3.8, 4) is 0 Å². The first-order chi connectivity index (χ1) is 12.0. The summed E-state index contributed by atoms with van der Waals surface area (Å²) in [6, 6.07) is 3.27. The molecule has 0 radical (unpaired) electrons. The van der Waals surface area contributed by atoms with Crippen LogP contribution in [0, 0.1) is 11.6 Å². The minimum Gasteiger partial charge on any atom is -0.423 e. The lowest BCUT2D eigenvalue weighted by molar-refractivity contribution is -0.140. The number of benzene rings is 1. The van der Waals surface area contributed by atoms with Crippen LogP contribution in [0.5, 0.6) is 0 Å². The summed E-state index contributed by atoms with van der Waals surface area (Å²) in [6.45, 7) is 4.74. The van der Waals surface area contributed by atoms with Crippen molar-refractivity contribution in [1.29, 1.82) is 0 Å². The SMILES string of the molecule is CC(C)c1nnc([C@H]2COCCN2C(=O)Cc2cccc(F)c2F)o1. The molecule has 0 aliphatic carbocycles. The van der Waals surface area contributed by atoms with Crippen LogP contribution >= 0.6 is 0 Å². The minimum absolute atomic E-state index is 0.0173. The van der Waals surface area contributed by atoms with Crippen LogP contribution in [0.4, 0.5) is 8.78 Å². The van der Waals surface area contributed by atoms with Crippen LogP contribution in [0.3, 0.4) is 0 Å². The van der Waals surface area contributed by atoms with Crippen molar-refractivity contribution in [1.82, 2.24) is 15.1 Å². The highest BCUT2D eigenvalue weighted by molar-refractivity contribution is 5.79. The summed E-state index contributed by atoms with van der Waals surface area (Å²) in [5, 5.41) is 7.98. The summed E-state index contributed by atoms with van der Waals surface area (Å²) in [4.78, 5) is 14.2. The third kappa shape index (κ3) is 3.68. The van der Waals surface area contributed by atoms with Gasteiger partial charge in [0.25, 0.3) is 0 Å². The van der Waals surface area contributed by atoms with E-state index in [1.54, 1.807) is 0 Å². The van der Waals surface area contributed by atoms with Crippen LogP contribution < -0.4 is 0 Å². The van der Waals surface area contributed by atoms with Gasteiger partial charge in [-0.15, -0.1) is 10.2 Å². The van der Waals surface area contributed by atoms with Gasteiger partial charge in [-0.3, -0.25) is 4.79 Å². The zero-order chi connectivity index (χ0) is 18.0. The van der Waals surface area contributed by atoms with Crippen LogP contribution in [0.1, 0.15) is 43.2 Å². The number of halogens is 2. The van der Waals surface area contributed by atoms with E-state index in [1.165, 1.54) is 17.0 Å². The molecule has 6 nitrogen and oxygen atoms in total. The van der Waals surface area contributed by atoms with Gasteiger partial charge in [0.2, 0.25) is 17.7 Å². The molecule has 1 fully saturated rings. The maximum absolute atomic E-state index is 13.8. The first kappa shape index (κ1) is 17.5. The number of hydrogen-bond acceptors (Lipinski definition) is 5. The van der Waals surface area contributed by atoms with Gasteiger partial charge in [-0.05, 0) is 6.07 Å². The maximum Gasteiger partial charge on any atom is 0.241 e. The number of rotatable bonds is 4. The molecule has 1 aromatic carbocycles. The van der Waals surface area contributed by atoms with Crippen molar-refractivity contribution >= 4 is 5.91 Å². The Morgan fingerprint density at radius 1 is 1.36 bits per heavy atom. The van der Waals surface area contributed by atoms with Crippen molar-refractivity contribution in [2.24, 2.45) is 0 Å². The molecule has 134 valence electrons. The van der Waals surface area contributed by atoms with Gasteiger partial charge in [-0.1, -0.05) is 26.0 Å². The Balaban J connectivity index is 1.80. The average Bonchev–Trinajstić information content (AvgIpc) is 3.09. The van der Waals surface area contributed by atoms with Crippen molar-refractivity contribution in [2.45, 2.75) is 32.2 Å². The molecule has 0 saturated carbocycles. The first-order valence-corrected chi connectivity index (χ1v) is 8.10. The summed E-state index contributed by atoms with van der Waals surface area (Å²) in [6.07, 6.45) is -0.245. The Kier molecular flexibility index (Phi) is 5.08. The number of amides is 1. The molecule has 0 unspecified atom stereocenters. The Labute approximate surface area is 143 Å². The number of aromatic nitrogens is 2. The number of carbonyl (C=O) groups excluding carboxylic acids is 1. The molecule has 1 amide bonds. The summed E-state index contributed by atoms with van der Waals surface area (Å²) in [7, 11) is 0. The molecule has 0 N–H and O–H groups in total. The van der Waals surface area contributed by atoms with Crippen molar-refractivity contribution < 1.29 is 22.7 Å². The molecule has 1 aromatic heterocycles. The highest BCUT2D eigenvalue weighted by Gasteiger charge is 2.33. The number of morpholine rings is 1. The lowest BCUT2D eigenvalue weighted by Gasteiger charge is -2.33. The molecule has 0 spiro atoms. The van der Waals surface area contributed by atoms with Gasteiger partial charge in [0.15, 0.2) is 11.6 Å². The van der Waals surface area contributed by atoms with Gasteiger partial charge < -0.3 is 14.1 Å². The summed E-state index contributed by atoms with van der Waals surface area (Å²) in [5.41, 5.74) is 0.0173. The quantitative estimate of drug-likeness (QED) is 0.847. The highest BCUT2D eigenvalue weighted by Crippen LogP contribution is 2.26. The van der Waals surface area contributed by atoms with E-state index in [2.05, 4.69) is 10.2 Å². The van der Waals surface area contributed by atoms with Crippen molar-refractivity contribution in [3.05, 3.63) is 47.2 Å². The second-order valence-corrected chi connectivity index (χ2v) is 6.20. The molecule has 2 aromatic rings. The standard InChI is InChI=1S/C17H19F2N3O3/c1-10(2)16-20-21-17(25-16)13-9-24-7-6-22(13)14(23)8-11-4-3-5-12(18)15(11)19/h3-5,10,13H,6-9H2,1-2H3/t13-/m1/s1. The number of carbonyl (C=O) groups is 1. The molecule has 2 heterocycles. The van der Waals surface area contributed by atoms with E-state index < -0.39 is 17.7 Å². The first-order valence-electron chi connectivity index (χ1n) is 8.10. The Bertz CT molecular complexity index is 763. The lowest BCUT2D eigenvalue weighted by atomic mass is 10.1. The van der Waals surface area contributed by atoms with E-state index in [9.17, 15) is 13.6 Å². The molecule has 1 aliphatic rings. The summed E-state index contributed by atoms with van der Waals surface area (Å²) < 4.78 is 38.2. The van der Waals surface area contributed by atoms with E-state index in [0.717, 1.165) is 6.07 Å². The molecule has 1 aliphatic heterocycles. The van der Waals surface area contributed by atoms with Crippen molar-refractivity contribution in [2.75, 3.05) is 19.8 Å². The largest absolute Gasteiger partial charge is 0.423 e. The number of hydrogen-bond donors (Lipinski definition) is 0. The van der Waals surface area contributed by atoms with E-state index in [0.29, 0.717) is 19.0 Å². The lowest BCUT2D eigenvalue weighted by Crippen LogP contribution is -2.44. The Hall–Kier alpha value is -2.35. The number of ether oxygens (including phenoxy) is 1. The molecule has 0 bridgehead atoms. The predicted octanol–water partition coefficient (Wildman–Crippen LogP) is 2.61. The smallest absolute Gasteiger partial charge is 0.241 e. The fourth-order valence-corrected chi connectivity index (χ4v) is 2.67. The van der Waals surface area contributed by atoms with Gasteiger partial charge in [0.1, 0.15) is 6.04 Å². The van der Waals surface area contributed by atoms with E-state index in [4.69, 9.17) is 9.15 Å². The molecular weight excluding hydrogens is 332 g/mol. The van der Waals surface area contributed by atoms with Gasteiger partial charge in [-0.2, -0.15) is 0 Å². The van der Waals surface area contributed by atoms with Crippen LogP contribution in [-0.2, 0) is 16.0 Å². The molecule has 25 heavy (non-hydrogen) atoms. The van der Waals surface area contributed by atoms with Crippen LogP contribution in [0.25, 0.3) is 0 Å². The summed E-state index contributed by atoms with van der Waals surface area (Å²) >= 11 is 0. The Morgan fingerprint density at radius 3 is 2.88 bits per heavy atom. The van der Waals surface area contributed by atoms with E-state index in [1.807, 2.05) is 13.8 Å². The fraction of sp³-hybridized carbons (Fsp3) is 0.471.